The molecule has 2 aromatic heterocycles. The maximum atomic E-state index is 8.90. The molecule has 116 valence electrons. The molecule has 0 N–H and O–H groups in total. The number of imidazole rings is 1. The summed E-state index contributed by atoms with van der Waals surface area (Å²) in [5, 5.41) is 8.90. The van der Waals surface area contributed by atoms with Crippen LogP contribution in [0.25, 0.3) is 11.2 Å². The Kier molecular flexibility index (Phi) is 4.24. The highest BCUT2D eigenvalue weighted by molar-refractivity contribution is 5.72. The number of hydrogen-bond donors (Lipinski definition) is 0. The first-order valence-electron chi connectivity index (χ1n) is 7.53. The lowest BCUT2D eigenvalue weighted by Crippen LogP contribution is -2.05. The van der Waals surface area contributed by atoms with Crippen molar-refractivity contribution in [3.8, 4) is 11.8 Å². The van der Waals surface area contributed by atoms with Crippen molar-refractivity contribution in [3.63, 3.8) is 0 Å². The Bertz CT molecular complexity index is 859. The van der Waals surface area contributed by atoms with Crippen molar-refractivity contribution in [1.29, 1.82) is 5.26 Å². The van der Waals surface area contributed by atoms with Gasteiger partial charge >= 0.3 is 0 Å². The Balaban J connectivity index is 1.98. The number of fused-ring (bicyclic) bond motifs is 1. The molecular formula is C18H18N4O. The van der Waals surface area contributed by atoms with Crippen LogP contribution in [0.4, 0.5) is 0 Å². The summed E-state index contributed by atoms with van der Waals surface area (Å²) in [6.07, 6.45) is 2.98. The standard InChI is InChI=1S/C18H18N4O/c1-13-10-16-18(20-12-13)22(9-3-8-19)17(21-16)11-14-4-6-15(23-2)7-5-14/h4-7,10,12H,3,9,11H2,1-2H3. The fraction of sp³-hybridized carbons (Fsp3) is 0.278. The number of benzene rings is 1. The van der Waals surface area contributed by atoms with E-state index in [9.17, 15) is 0 Å². The van der Waals surface area contributed by atoms with Gasteiger partial charge in [-0.3, -0.25) is 0 Å². The molecule has 0 saturated carbocycles. The quantitative estimate of drug-likeness (QED) is 0.726. The highest BCUT2D eigenvalue weighted by atomic mass is 16.5. The summed E-state index contributed by atoms with van der Waals surface area (Å²) in [5.41, 5.74) is 3.95. The normalized spacial score (nSPS) is 10.7. The van der Waals surface area contributed by atoms with Crippen LogP contribution in [0.2, 0.25) is 0 Å². The highest BCUT2D eigenvalue weighted by Gasteiger charge is 2.12. The van der Waals surface area contributed by atoms with E-state index in [1.807, 2.05) is 48.0 Å². The Labute approximate surface area is 135 Å². The van der Waals surface area contributed by atoms with Crippen LogP contribution in [0, 0.1) is 18.3 Å². The maximum absolute atomic E-state index is 8.90. The summed E-state index contributed by atoms with van der Waals surface area (Å²) < 4.78 is 7.23. The number of pyridine rings is 1. The minimum Gasteiger partial charge on any atom is -0.497 e. The van der Waals surface area contributed by atoms with Gasteiger partial charge in [0.25, 0.3) is 0 Å². The molecule has 5 nitrogen and oxygen atoms in total. The number of aryl methyl sites for hydroxylation is 2. The highest BCUT2D eigenvalue weighted by Crippen LogP contribution is 2.20. The molecule has 5 heteroatoms. The molecule has 0 atom stereocenters. The van der Waals surface area contributed by atoms with E-state index in [0.717, 1.165) is 33.9 Å². The van der Waals surface area contributed by atoms with Gasteiger partial charge in [0.05, 0.1) is 19.6 Å². The van der Waals surface area contributed by atoms with Gasteiger partial charge in [0.15, 0.2) is 5.65 Å². The summed E-state index contributed by atoms with van der Waals surface area (Å²) >= 11 is 0. The summed E-state index contributed by atoms with van der Waals surface area (Å²) in [7, 11) is 1.66. The molecular weight excluding hydrogens is 288 g/mol. The molecule has 2 heterocycles. The monoisotopic (exact) mass is 306 g/mol. The predicted molar refractivity (Wildman–Crippen MR) is 88.3 cm³/mol. The van der Waals surface area contributed by atoms with Crippen LogP contribution in [-0.2, 0) is 13.0 Å². The van der Waals surface area contributed by atoms with Crippen molar-refractivity contribution in [2.75, 3.05) is 7.11 Å². The molecule has 3 aromatic rings. The minimum atomic E-state index is 0.441. The molecule has 0 fully saturated rings. The maximum Gasteiger partial charge on any atom is 0.160 e. The second-order valence-electron chi connectivity index (χ2n) is 5.47. The first-order valence-corrected chi connectivity index (χ1v) is 7.53. The van der Waals surface area contributed by atoms with Crippen molar-refractivity contribution in [2.45, 2.75) is 26.3 Å². The smallest absolute Gasteiger partial charge is 0.160 e. The fourth-order valence-electron chi connectivity index (χ4n) is 2.62. The zero-order valence-corrected chi connectivity index (χ0v) is 13.3. The Hall–Kier alpha value is -2.87. The van der Waals surface area contributed by atoms with E-state index in [1.165, 1.54) is 0 Å². The van der Waals surface area contributed by atoms with Gasteiger partial charge in [-0.1, -0.05) is 12.1 Å². The molecule has 1 aromatic carbocycles. The van der Waals surface area contributed by atoms with Crippen molar-refractivity contribution < 1.29 is 4.74 Å². The van der Waals surface area contributed by atoms with E-state index in [1.54, 1.807) is 7.11 Å². The molecule has 0 aliphatic heterocycles. The first kappa shape index (κ1) is 15.0. The molecule has 0 unspecified atom stereocenters. The third kappa shape index (κ3) is 3.16. The van der Waals surface area contributed by atoms with Crippen molar-refractivity contribution in [3.05, 3.63) is 53.5 Å². The predicted octanol–water partition coefficient (Wildman–Crippen LogP) is 3.25. The molecule has 0 bridgehead atoms. The topological polar surface area (TPSA) is 63.7 Å². The third-order valence-corrected chi connectivity index (χ3v) is 3.77. The molecule has 3 rings (SSSR count). The number of ether oxygens (including phenoxy) is 1. The fourth-order valence-corrected chi connectivity index (χ4v) is 2.62. The van der Waals surface area contributed by atoms with Gasteiger partial charge in [0.2, 0.25) is 0 Å². The summed E-state index contributed by atoms with van der Waals surface area (Å²) in [6.45, 7) is 2.61. The molecule has 0 spiro atoms. The van der Waals surface area contributed by atoms with E-state index in [2.05, 4.69) is 11.1 Å². The summed E-state index contributed by atoms with van der Waals surface area (Å²) in [4.78, 5) is 9.22. The van der Waals surface area contributed by atoms with E-state index in [4.69, 9.17) is 15.0 Å². The lowest BCUT2D eigenvalue weighted by Gasteiger charge is -2.07. The molecule has 0 aliphatic carbocycles. The van der Waals surface area contributed by atoms with Gasteiger partial charge in [0, 0.05) is 19.2 Å². The number of aromatic nitrogens is 3. The van der Waals surface area contributed by atoms with Crippen LogP contribution in [-0.4, -0.2) is 21.6 Å². The van der Waals surface area contributed by atoms with E-state index >= 15 is 0 Å². The first-order chi connectivity index (χ1) is 11.2. The molecule has 0 aliphatic rings. The Morgan fingerprint density at radius 1 is 1.26 bits per heavy atom. The molecule has 0 radical (unpaired) electrons. The number of hydrogen-bond acceptors (Lipinski definition) is 4. The lowest BCUT2D eigenvalue weighted by atomic mass is 10.1. The van der Waals surface area contributed by atoms with Gasteiger partial charge in [-0.25, -0.2) is 9.97 Å². The number of methoxy groups -OCH3 is 1. The average molecular weight is 306 g/mol. The van der Waals surface area contributed by atoms with Crippen LogP contribution in [0.5, 0.6) is 5.75 Å². The van der Waals surface area contributed by atoms with Crippen LogP contribution in [0.15, 0.2) is 36.5 Å². The average Bonchev–Trinajstić information content (AvgIpc) is 2.89. The van der Waals surface area contributed by atoms with Crippen LogP contribution in [0.3, 0.4) is 0 Å². The second-order valence-corrected chi connectivity index (χ2v) is 5.47. The van der Waals surface area contributed by atoms with Crippen LogP contribution in [0.1, 0.15) is 23.4 Å². The largest absolute Gasteiger partial charge is 0.497 e. The number of rotatable bonds is 5. The SMILES string of the molecule is COc1ccc(Cc2nc3cc(C)cnc3n2CCC#N)cc1. The van der Waals surface area contributed by atoms with Gasteiger partial charge in [0.1, 0.15) is 17.1 Å². The molecule has 23 heavy (non-hydrogen) atoms. The van der Waals surface area contributed by atoms with Crippen LogP contribution >= 0.6 is 0 Å². The number of nitriles is 1. The third-order valence-electron chi connectivity index (χ3n) is 3.77. The van der Waals surface area contributed by atoms with Crippen molar-refractivity contribution in [1.82, 2.24) is 14.5 Å². The van der Waals surface area contributed by atoms with Crippen molar-refractivity contribution >= 4 is 11.2 Å². The molecule has 0 saturated heterocycles. The lowest BCUT2D eigenvalue weighted by molar-refractivity contribution is 0.414. The zero-order valence-electron chi connectivity index (χ0n) is 13.3. The van der Waals surface area contributed by atoms with Crippen LogP contribution < -0.4 is 4.74 Å². The summed E-state index contributed by atoms with van der Waals surface area (Å²) in [6, 6.07) is 12.2. The van der Waals surface area contributed by atoms with Gasteiger partial charge in [-0.2, -0.15) is 5.26 Å². The summed E-state index contributed by atoms with van der Waals surface area (Å²) in [5.74, 6) is 1.77. The second kappa shape index (κ2) is 6.49. The molecule has 0 amide bonds. The van der Waals surface area contributed by atoms with Gasteiger partial charge in [-0.15, -0.1) is 0 Å². The van der Waals surface area contributed by atoms with E-state index in [0.29, 0.717) is 19.4 Å². The Morgan fingerprint density at radius 3 is 2.74 bits per heavy atom. The Morgan fingerprint density at radius 2 is 2.04 bits per heavy atom. The minimum absolute atomic E-state index is 0.441. The van der Waals surface area contributed by atoms with Gasteiger partial charge in [-0.05, 0) is 36.2 Å². The zero-order chi connectivity index (χ0) is 16.2. The number of nitrogens with zero attached hydrogens (tertiary/aromatic N) is 4. The van der Waals surface area contributed by atoms with Crippen molar-refractivity contribution in [2.24, 2.45) is 0 Å². The van der Waals surface area contributed by atoms with E-state index < -0.39 is 0 Å². The van der Waals surface area contributed by atoms with Gasteiger partial charge < -0.3 is 9.30 Å². The van der Waals surface area contributed by atoms with E-state index in [-0.39, 0.29) is 0 Å².